The Morgan fingerprint density at radius 3 is 2.32 bits per heavy atom. The molecule has 4 nitrogen and oxygen atoms in total. The fourth-order valence-electron chi connectivity index (χ4n) is 3.11. The minimum absolute atomic E-state index is 0.175. The molecule has 0 aromatic heterocycles. The Kier molecular flexibility index (Phi) is 4.78. The SMILES string of the molecule is CC(C(=O)NC1(CC(=O)O)CCCC1)c1c(F)cccc1F. The summed E-state index contributed by atoms with van der Waals surface area (Å²) in [5.74, 6) is -4.12. The van der Waals surface area contributed by atoms with E-state index in [-0.39, 0.29) is 12.0 Å². The number of aliphatic carboxylic acids is 1. The molecule has 6 heteroatoms. The number of halogens is 2. The fraction of sp³-hybridized carbons (Fsp3) is 0.500. The molecule has 1 atom stereocenters. The average molecular weight is 311 g/mol. The molecule has 1 unspecified atom stereocenters. The average Bonchev–Trinajstić information content (AvgIpc) is 2.85. The summed E-state index contributed by atoms with van der Waals surface area (Å²) in [6, 6.07) is 3.44. The Morgan fingerprint density at radius 2 is 1.82 bits per heavy atom. The van der Waals surface area contributed by atoms with Gasteiger partial charge < -0.3 is 10.4 Å². The zero-order valence-corrected chi connectivity index (χ0v) is 12.4. The molecule has 1 fully saturated rings. The number of rotatable bonds is 5. The first-order valence-corrected chi connectivity index (χ1v) is 7.32. The molecule has 120 valence electrons. The van der Waals surface area contributed by atoms with E-state index < -0.39 is 35.0 Å². The highest BCUT2D eigenvalue weighted by Crippen LogP contribution is 2.34. The van der Waals surface area contributed by atoms with Crippen LogP contribution in [0.15, 0.2) is 18.2 Å². The largest absolute Gasteiger partial charge is 0.481 e. The molecule has 1 aromatic carbocycles. The lowest BCUT2D eigenvalue weighted by Crippen LogP contribution is -2.49. The summed E-state index contributed by atoms with van der Waals surface area (Å²) in [6.07, 6.45) is 2.62. The van der Waals surface area contributed by atoms with Crippen molar-refractivity contribution in [1.82, 2.24) is 5.32 Å². The molecule has 1 aliphatic rings. The van der Waals surface area contributed by atoms with E-state index in [1.165, 1.54) is 13.0 Å². The van der Waals surface area contributed by atoms with Crippen molar-refractivity contribution < 1.29 is 23.5 Å². The normalized spacial score (nSPS) is 18.0. The van der Waals surface area contributed by atoms with Crippen molar-refractivity contribution in [3.05, 3.63) is 35.4 Å². The summed E-state index contributed by atoms with van der Waals surface area (Å²) in [5, 5.41) is 11.7. The van der Waals surface area contributed by atoms with Crippen LogP contribution < -0.4 is 5.32 Å². The van der Waals surface area contributed by atoms with Gasteiger partial charge >= 0.3 is 5.97 Å². The minimum Gasteiger partial charge on any atom is -0.481 e. The van der Waals surface area contributed by atoms with Crippen LogP contribution in [0.2, 0.25) is 0 Å². The molecule has 2 N–H and O–H groups in total. The van der Waals surface area contributed by atoms with Gasteiger partial charge in [0.25, 0.3) is 0 Å². The highest BCUT2D eigenvalue weighted by molar-refractivity contribution is 5.84. The molecule has 0 saturated heterocycles. The van der Waals surface area contributed by atoms with Gasteiger partial charge in [-0.1, -0.05) is 18.9 Å². The van der Waals surface area contributed by atoms with Crippen molar-refractivity contribution in [2.75, 3.05) is 0 Å². The molecular formula is C16H19F2NO3. The number of amides is 1. The van der Waals surface area contributed by atoms with E-state index in [4.69, 9.17) is 5.11 Å². The van der Waals surface area contributed by atoms with Gasteiger partial charge in [0, 0.05) is 5.56 Å². The molecule has 22 heavy (non-hydrogen) atoms. The van der Waals surface area contributed by atoms with Crippen LogP contribution in [0.25, 0.3) is 0 Å². The Balaban J connectivity index is 2.18. The third-order valence-electron chi connectivity index (χ3n) is 4.26. The summed E-state index contributed by atoms with van der Waals surface area (Å²) in [5.41, 5.74) is -1.10. The van der Waals surface area contributed by atoms with Gasteiger partial charge in [0.2, 0.25) is 5.91 Å². The van der Waals surface area contributed by atoms with E-state index in [2.05, 4.69) is 5.32 Å². The van der Waals surface area contributed by atoms with E-state index in [1.807, 2.05) is 0 Å². The van der Waals surface area contributed by atoms with Crippen LogP contribution in [-0.2, 0) is 9.59 Å². The molecular weight excluding hydrogens is 292 g/mol. The van der Waals surface area contributed by atoms with Crippen LogP contribution in [0.3, 0.4) is 0 Å². The third-order valence-corrected chi connectivity index (χ3v) is 4.26. The lowest BCUT2D eigenvalue weighted by molar-refractivity contribution is -0.139. The minimum atomic E-state index is -1.02. The molecule has 0 heterocycles. The first kappa shape index (κ1) is 16.4. The number of nitrogens with one attached hydrogen (secondary N) is 1. The number of hydrogen-bond acceptors (Lipinski definition) is 2. The highest BCUT2D eigenvalue weighted by Gasteiger charge is 2.38. The molecule has 0 spiro atoms. The Labute approximate surface area is 127 Å². The second kappa shape index (κ2) is 6.42. The number of carbonyl (C=O) groups excluding carboxylic acids is 1. The predicted octanol–water partition coefficient (Wildman–Crippen LogP) is 2.97. The molecule has 1 amide bonds. The first-order chi connectivity index (χ1) is 10.3. The van der Waals surface area contributed by atoms with Crippen molar-refractivity contribution in [1.29, 1.82) is 0 Å². The molecule has 0 radical (unpaired) electrons. The maximum Gasteiger partial charge on any atom is 0.305 e. The summed E-state index contributed by atoms with van der Waals surface area (Å²) in [4.78, 5) is 23.4. The van der Waals surface area contributed by atoms with Crippen molar-refractivity contribution in [3.8, 4) is 0 Å². The Bertz CT molecular complexity index is 563. The smallest absolute Gasteiger partial charge is 0.305 e. The predicted molar refractivity (Wildman–Crippen MR) is 76.4 cm³/mol. The number of benzene rings is 1. The van der Waals surface area contributed by atoms with E-state index in [0.717, 1.165) is 25.0 Å². The Morgan fingerprint density at radius 1 is 1.27 bits per heavy atom. The van der Waals surface area contributed by atoms with Crippen molar-refractivity contribution in [3.63, 3.8) is 0 Å². The standard InChI is InChI=1S/C16H19F2NO3/c1-10(14-11(17)5-4-6-12(14)18)15(22)19-16(9-13(20)21)7-2-3-8-16/h4-6,10H,2-3,7-9H2,1H3,(H,19,22)(H,20,21). The zero-order valence-electron chi connectivity index (χ0n) is 12.4. The number of hydrogen-bond donors (Lipinski definition) is 2. The molecule has 0 aliphatic heterocycles. The second-order valence-corrected chi connectivity index (χ2v) is 5.90. The lowest BCUT2D eigenvalue weighted by atomic mass is 9.91. The quantitative estimate of drug-likeness (QED) is 0.878. The van der Waals surface area contributed by atoms with Gasteiger partial charge in [0.05, 0.1) is 17.9 Å². The van der Waals surface area contributed by atoms with Crippen LogP contribution >= 0.6 is 0 Å². The summed E-state index contributed by atoms with van der Waals surface area (Å²) >= 11 is 0. The van der Waals surface area contributed by atoms with Crippen LogP contribution in [0.1, 0.15) is 50.5 Å². The van der Waals surface area contributed by atoms with Crippen molar-refractivity contribution >= 4 is 11.9 Å². The van der Waals surface area contributed by atoms with Gasteiger partial charge in [0.1, 0.15) is 11.6 Å². The monoisotopic (exact) mass is 311 g/mol. The molecule has 1 aliphatic carbocycles. The lowest BCUT2D eigenvalue weighted by Gasteiger charge is -2.30. The van der Waals surface area contributed by atoms with Gasteiger partial charge in [-0.05, 0) is 31.9 Å². The van der Waals surface area contributed by atoms with Crippen LogP contribution in [0.4, 0.5) is 8.78 Å². The van der Waals surface area contributed by atoms with E-state index >= 15 is 0 Å². The first-order valence-electron chi connectivity index (χ1n) is 7.32. The van der Waals surface area contributed by atoms with E-state index in [0.29, 0.717) is 12.8 Å². The topological polar surface area (TPSA) is 66.4 Å². The number of carboxylic acid groups (broad SMARTS) is 1. The fourth-order valence-corrected chi connectivity index (χ4v) is 3.11. The summed E-state index contributed by atoms with van der Waals surface area (Å²) in [7, 11) is 0. The van der Waals surface area contributed by atoms with Gasteiger partial charge in [-0.2, -0.15) is 0 Å². The van der Waals surface area contributed by atoms with Gasteiger partial charge in [0.15, 0.2) is 0 Å². The van der Waals surface area contributed by atoms with Gasteiger partial charge in [-0.15, -0.1) is 0 Å². The third kappa shape index (κ3) is 3.43. The van der Waals surface area contributed by atoms with E-state index in [9.17, 15) is 18.4 Å². The van der Waals surface area contributed by atoms with Gasteiger partial charge in [-0.3, -0.25) is 9.59 Å². The van der Waals surface area contributed by atoms with Crippen molar-refractivity contribution in [2.45, 2.75) is 50.5 Å². The number of carbonyl (C=O) groups is 2. The molecule has 0 bridgehead atoms. The molecule has 2 rings (SSSR count). The van der Waals surface area contributed by atoms with E-state index in [1.54, 1.807) is 0 Å². The van der Waals surface area contributed by atoms with Crippen LogP contribution in [-0.4, -0.2) is 22.5 Å². The maximum atomic E-state index is 13.8. The Hall–Kier alpha value is -1.98. The maximum absolute atomic E-state index is 13.8. The van der Waals surface area contributed by atoms with Crippen molar-refractivity contribution in [2.24, 2.45) is 0 Å². The van der Waals surface area contributed by atoms with Crippen LogP contribution in [0, 0.1) is 11.6 Å². The van der Waals surface area contributed by atoms with Gasteiger partial charge in [-0.25, -0.2) is 8.78 Å². The number of carboxylic acids is 1. The molecule has 1 aromatic rings. The van der Waals surface area contributed by atoms with Crippen LogP contribution in [0.5, 0.6) is 0 Å². The molecule has 1 saturated carbocycles. The highest BCUT2D eigenvalue weighted by atomic mass is 19.1. The summed E-state index contributed by atoms with van der Waals surface area (Å²) in [6.45, 7) is 1.42. The summed E-state index contributed by atoms with van der Waals surface area (Å²) < 4.78 is 27.5. The zero-order chi connectivity index (χ0) is 16.3. The second-order valence-electron chi connectivity index (χ2n) is 5.90.